The van der Waals surface area contributed by atoms with Crippen molar-refractivity contribution in [2.24, 2.45) is 0 Å². The van der Waals surface area contributed by atoms with E-state index < -0.39 is 22.2 Å². The molecule has 4 atom stereocenters. The Kier molecular flexibility index (Phi) is 4.90. The summed E-state index contributed by atoms with van der Waals surface area (Å²) in [7, 11) is -2.07. The number of hydrogen-bond donors (Lipinski definition) is 2. The van der Waals surface area contributed by atoms with E-state index in [-0.39, 0.29) is 31.0 Å². The Morgan fingerprint density at radius 3 is 2.84 bits per heavy atom. The van der Waals surface area contributed by atoms with Gasteiger partial charge in [0.25, 0.3) is 0 Å². The summed E-state index contributed by atoms with van der Waals surface area (Å²) in [6.45, 7) is -0.235. The van der Waals surface area contributed by atoms with Crippen LogP contribution in [0.25, 0.3) is 0 Å². The number of nitrogens with one attached hydrogen (secondary N) is 1. The number of carbonyl (C=O) groups excluding carboxylic acids is 1. The van der Waals surface area contributed by atoms with Crippen molar-refractivity contribution in [3.05, 3.63) is 23.8 Å². The molecule has 0 aromatic heterocycles. The summed E-state index contributed by atoms with van der Waals surface area (Å²) >= 11 is 0. The summed E-state index contributed by atoms with van der Waals surface area (Å²) in [6, 6.07) is 5.05. The second kappa shape index (κ2) is 6.81. The van der Waals surface area contributed by atoms with Crippen LogP contribution in [0.2, 0.25) is 0 Å². The van der Waals surface area contributed by atoms with Gasteiger partial charge in [-0.25, -0.2) is 8.42 Å². The van der Waals surface area contributed by atoms with Gasteiger partial charge < -0.3 is 19.3 Å². The van der Waals surface area contributed by atoms with Crippen LogP contribution in [0.15, 0.2) is 18.2 Å². The molecule has 1 aromatic rings. The van der Waals surface area contributed by atoms with E-state index in [2.05, 4.69) is 9.46 Å². The van der Waals surface area contributed by atoms with Crippen molar-refractivity contribution in [3.8, 4) is 5.75 Å². The maximum Gasteiger partial charge on any atom is 0.308 e. The van der Waals surface area contributed by atoms with Gasteiger partial charge in [0.1, 0.15) is 18.0 Å². The van der Waals surface area contributed by atoms with Crippen LogP contribution in [0, 0.1) is 0 Å². The summed E-state index contributed by atoms with van der Waals surface area (Å²) in [5, 5.41) is 9.62. The number of aliphatic hydroxyl groups is 1. The SMILES string of the molecule is COC(=O)C[C@@H]1C[C@@H]2c3cc(NS(C)(=O)=O)ccc3O[C@@H]2[C@H](CO)O1. The van der Waals surface area contributed by atoms with E-state index in [1.54, 1.807) is 18.2 Å². The summed E-state index contributed by atoms with van der Waals surface area (Å²) in [4.78, 5) is 11.6. The molecule has 0 saturated carbocycles. The van der Waals surface area contributed by atoms with Crippen LogP contribution >= 0.6 is 0 Å². The molecule has 138 valence electrons. The van der Waals surface area contributed by atoms with Gasteiger partial charge in [-0.05, 0) is 24.6 Å². The van der Waals surface area contributed by atoms with Crippen molar-refractivity contribution in [1.82, 2.24) is 0 Å². The number of rotatable bonds is 5. The first-order valence-corrected chi connectivity index (χ1v) is 9.81. The molecule has 0 amide bonds. The molecule has 9 heteroatoms. The number of carbonyl (C=O) groups is 1. The van der Waals surface area contributed by atoms with E-state index in [9.17, 15) is 18.3 Å². The fourth-order valence-corrected chi connectivity index (χ4v) is 3.99. The van der Waals surface area contributed by atoms with Gasteiger partial charge in [-0.2, -0.15) is 0 Å². The number of esters is 1. The molecule has 1 fully saturated rings. The Morgan fingerprint density at radius 1 is 1.44 bits per heavy atom. The predicted molar refractivity (Wildman–Crippen MR) is 89.1 cm³/mol. The molecule has 1 saturated heterocycles. The Bertz CT molecular complexity index is 764. The summed E-state index contributed by atoms with van der Waals surface area (Å²) < 4.78 is 41.7. The molecule has 3 rings (SSSR count). The summed E-state index contributed by atoms with van der Waals surface area (Å²) in [5.41, 5.74) is 1.29. The first-order chi connectivity index (χ1) is 11.8. The number of sulfonamides is 1. The quantitative estimate of drug-likeness (QED) is 0.730. The van der Waals surface area contributed by atoms with Gasteiger partial charge in [0, 0.05) is 17.2 Å². The molecular formula is C16H21NO7S. The second-order valence-corrected chi connectivity index (χ2v) is 8.06. The number of anilines is 1. The third-order valence-electron chi connectivity index (χ3n) is 4.42. The number of hydrogen-bond acceptors (Lipinski definition) is 7. The number of methoxy groups -OCH3 is 1. The molecule has 25 heavy (non-hydrogen) atoms. The number of aliphatic hydroxyl groups excluding tert-OH is 1. The van der Waals surface area contributed by atoms with Crippen LogP contribution in [-0.4, -0.2) is 57.8 Å². The number of benzene rings is 1. The fourth-order valence-electron chi connectivity index (χ4n) is 3.44. The Balaban J connectivity index is 1.86. The van der Waals surface area contributed by atoms with Crippen molar-refractivity contribution in [2.75, 3.05) is 24.7 Å². The van der Waals surface area contributed by atoms with Gasteiger partial charge >= 0.3 is 5.97 Å². The van der Waals surface area contributed by atoms with E-state index in [0.29, 0.717) is 17.9 Å². The maximum atomic E-state index is 11.6. The van der Waals surface area contributed by atoms with Gasteiger partial charge in [0.05, 0.1) is 32.5 Å². The van der Waals surface area contributed by atoms with Crippen LogP contribution in [0.4, 0.5) is 5.69 Å². The summed E-state index contributed by atoms with van der Waals surface area (Å²) in [5.74, 6) is 0.151. The molecule has 2 heterocycles. The van der Waals surface area contributed by atoms with E-state index in [1.807, 2.05) is 0 Å². The Hall–Kier alpha value is -1.84. The van der Waals surface area contributed by atoms with Gasteiger partial charge in [0.2, 0.25) is 10.0 Å². The van der Waals surface area contributed by atoms with Gasteiger partial charge in [-0.1, -0.05) is 0 Å². The van der Waals surface area contributed by atoms with E-state index >= 15 is 0 Å². The zero-order valence-electron chi connectivity index (χ0n) is 14.0. The Labute approximate surface area is 146 Å². The van der Waals surface area contributed by atoms with Crippen molar-refractivity contribution >= 4 is 21.7 Å². The molecule has 8 nitrogen and oxygen atoms in total. The standard InChI is InChI=1S/C16H21NO7S/c1-22-15(19)7-10-6-12-11-5-9(17-25(2,20)21)3-4-13(11)24-16(12)14(8-18)23-10/h3-5,10,12,14,16-18H,6-8H2,1-2H3/t10-,12+,14-,16-/m0/s1. The Morgan fingerprint density at radius 2 is 2.20 bits per heavy atom. The van der Waals surface area contributed by atoms with Gasteiger partial charge in [-0.15, -0.1) is 0 Å². The van der Waals surface area contributed by atoms with Crippen molar-refractivity contribution < 1.29 is 32.5 Å². The maximum absolute atomic E-state index is 11.6. The topological polar surface area (TPSA) is 111 Å². The van der Waals surface area contributed by atoms with Gasteiger partial charge in [-0.3, -0.25) is 9.52 Å². The molecule has 2 aliphatic rings. The van der Waals surface area contributed by atoms with Crippen LogP contribution < -0.4 is 9.46 Å². The highest BCUT2D eigenvalue weighted by atomic mass is 32.2. The molecule has 0 unspecified atom stereocenters. The minimum Gasteiger partial charge on any atom is -0.487 e. The highest BCUT2D eigenvalue weighted by molar-refractivity contribution is 7.92. The average Bonchev–Trinajstić information content (AvgIpc) is 2.90. The lowest BCUT2D eigenvalue weighted by atomic mass is 9.84. The molecular weight excluding hydrogens is 350 g/mol. The van der Waals surface area contributed by atoms with E-state index in [4.69, 9.17) is 9.47 Å². The number of ether oxygens (including phenoxy) is 3. The molecule has 2 N–H and O–H groups in total. The van der Waals surface area contributed by atoms with Crippen LogP contribution in [-0.2, 0) is 24.3 Å². The number of fused-ring (bicyclic) bond motifs is 3. The van der Waals surface area contributed by atoms with E-state index in [0.717, 1.165) is 11.8 Å². The predicted octanol–water partition coefficient (Wildman–Crippen LogP) is 0.616. The third-order valence-corrected chi connectivity index (χ3v) is 5.03. The second-order valence-electron chi connectivity index (χ2n) is 6.31. The highest BCUT2D eigenvalue weighted by Crippen LogP contribution is 2.47. The van der Waals surface area contributed by atoms with Crippen molar-refractivity contribution in [2.45, 2.75) is 37.1 Å². The summed E-state index contributed by atoms with van der Waals surface area (Å²) in [6.07, 6.45) is 0.363. The normalized spacial score (nSPS) is 27.8. The monoisotopic (exact) mass is 371 g/mol. The van der Waals surface area contributed by atoms with Crippen LogP contribution in [0.5, 0.6) is 5.75 Å². The fraction of sp³-hybridized carbons (Fsp3) is 0.562. The zero-order valence-corrected chi connectivity index (χ0v) is 14.8. The smallest absolute Gasteiger partial charge is 0.308 e. The molecule has 0 radical (unpaired) electrons. The third kappa shape index (κ3) is 3.88. The first kappa shape index (κ1) is 18.0. The average molecular weight is 371 g/mol. The van der Waals surface area contributed by atoms with Crippen LogP contribution in [0.1, 0.15) is 24.3 Å². The lowest BCUT2D eigenvalue weighted by Crippen LogP contribution is -2.46. The molecule has 0 spiro atoms. The van der Waals surface area contributed by atoms with Crippen molar-refractivity contribution in [1.29, 1.82) is 0 Å². The molecule has 0 aliphatic carbocycles. The van der Waals surface area contributed by atoms with E-state index in [1.165, 1.54) is 7.11 Å². The first-order valence-electron chi connectivity index (χ1n) is 7.92. The molecule has 0 bridgehead atoms. The zero-order chi connectivity index (χ0) is 18.2. The molecule has 1 aromatic carbocycles. The lowest BCUT2D eigenvalue weighted by molar-refractivity contribution is -0.156. The largest absolute Gasteiger partial charge is 0.487 e. The lowest BCUT2D eigenvalue weighted by Gasteiger charge is -2.36. The van der Waals surface area contributed by atoms with Crippen LogP contribution in [0.3, 0.4) is 0 Å². The van der Waals surface area contributed by atoms with Gasteiger partial charge in [0.15, 0.2) is 0 Å². The minimum absolute atomic E-state index is 0.0901. The minimum atomic E-state index is -3.39. The van der Waals surface area contributed by atoms with Crippen molar-refractivity contribution in [3.63, 3.8) is 0 Å². The highest BCUT2D eigenvalue weighted by Gasteiger charge is 2.46. The molecule has 2 aliphatic heterocycles.